The molecule has 19 nitrogen and oxygen atoms in total. The number of anilines is 2. The molecule has 0 atom stereocenters. The van der Waals surface area contributed by atoms with Crippen LogP contribution in [0.1, 0.15) is 145 Å². The highest BCUT2D eigenvalue weighted by Crippen LogP contribution is 2.47. The fraction of sp³-hybridized carbons (Fsp3) is 0.533. The van der Waals surface area contributed by atoms with E-state index >= 15 is 0 Å². The van der Waals surface area contributed by atoms with Crippen LogP contribution in [0.5, 0.6) is 0 Å². The maximum absolute atomic E-state index is 13.3. The molecular weight excluding hydrogens is 1300 g/mol. The van der Waals surface area contributed by atoms with Crippen molar-refractivity contribution in [3.05, 3.63) is 66.2 Å². The van der Waals surface area contributed by atoms with Crippen molar-refractivity contribution in [2.45, 2.75) is 184 Å². The average Bonchev–Trinajstić information content (AvgIpc) is 1.82. The van der Waals surface area contributed by atoms with Gasteiger partial charge in [0.05, 0.1) is 44.9 Å². The van der Waals surface area contributed by atoms with Crippen LogP contribution in [0.2, 0.25) is 0 Å². The van der Waals surface area contributed by atoms with E-state index in [4.69, 9.17) is 39.8 Å². The highest BCUT2D eigenvalue weighted by Gasteiger charge is 2.34. The van der Waals surface area contributed by atoms with Gasteiger partial charge in [0.15, 0.2) is 0 Å². The first-order valence-electron chi connectivity index (χ1n) is 28.0. The summed E-state index contributed by atoms with van der Waals surface area (Å²) in [7, 11) is 0. The molecule has 4 N–H and O–H groups in total. The molecule has 4 aromatic heterocycles. The number of thiazole rings is 2. The highest BCUT2D eigenvalue weighted by molar-refractivity contribution is 9.10. The number of aromatic nitrogens is 2. The minimum atomic E-state index is -0.922. The Morgan fingerprint density at radius 1 is 0.612 bits per heavy atom. The molecule has 85 heavy (non-hydrogen) atoms. The Hall–Kier alpha value is -5.60. The number of nitrogens with two attached hydrogens (primary N) is 1. The molecule has 0 bridgehead atoms. The number of benzene rings is 2. The van der Waals surface area contributed by atoms with Crippen LogP contribution < -0.4 is 11.1 Å². The first-order valence-corrected chi connectivity index (χ1v) is 32.8. The maximum Gasteiger partial charge on any atom is 0.410 e. The lowest BCUT2D eigenvalue weighted by Crippen LogP contribution is -2.42. The highest BCUT2D eigenvalue weighted by atomic mass is 79.9. The van der Waals surface area contributed by atoms with Gasteiger partial charge in [-0.2, -0.15) is 0 Å². The van der Waals surface area contributed by atoms with Crippen molar-refractivity contribution in [3.8, 4) is 21.1 Å². The van der Waals surface area contributed by atoms with Gasteiger partial charge in [0.1, 0.15) is 37.4 Å². The van der Waals surface area contributed by atoms with Crippen LogP contribution in [0, 0.1) is 0 Å². The minimum Gasteiger partial charge on any atom is -0.481 e. The third-order valence-corrected chi connectivity index (χ3v) is 17.7. The first-order chi connectivity index (χ1) is 39.3. The zero-order valence-corrected chi connectivity index (χ0v) is 57.8. The van der Waals surface area contributed by atoms with Crippen molar-refractivity contribution in [2.75, 3.05) is 37.2 Å². The quantitative estimate of drug-likeness (QED) is 0.102. The summed E-state index contributed by atoms with van der Waals surface area (Å²) in [5.74, 6) is -1.13. The number of ether oxygens (including phenoxy) is 4. The number of carboxylic acid groups (broad SMARTS) is 1. The van der Waals surface area contributed by atoms with Gasteiger partial charge in [0, 0.05) is 74.5 Å². The van der Waals surface area contributed by atoms with E-state index in [-0.39, 0.29) is 56.1 Å². The fourth-order valence-electron chi connectivity index (χ4n) is 8.75. The molecule has 6 aromatic rings. The van der Waals surface area contributed by atoms with E-state index in [1.54, 1.807) is 69.5 Å². The summed E-state index contributed by atoms with van der Waals surface area (Å²) in [5.41, 5.74) is 10.2. The summed E-state index contributed by atoms with van der Waals surface area (Å²) in [6.45, 7) is 31.9. The van der Waals surface area contributed by atoms with Crippen molar-refractivity contribution in [1.82, 2.24) is 29.6 Å². The van der Waals surface area contributed by atoms with E-state index < -0.39 is 40.6 Å². The van der Waals surface area contributed by atoms with Crippen molar-refractivity contribution >= 4 is 144 Å². The molecule has 5 amide bonds. The molecule has 25 heteroatoms. The van der Waals surface area contributed by atoms with Gasteiger partial charge >= 0.3 is 30.3 Å². The zero-order valence-electron chi connectivity index (χ0n) is 51.4. The number of nitrogen functional groups attached to an aromatic ring is 1. The second-order valence-electron chi connectivity index (χ2n) is 25.0. The van der Waals surface area contributed by atoms with E-state index in [9.17, 15) is 28.8 Å². The molecule has 2 aromatic carbocycles. The zero-order chi connectivity index (χ0) is 63.3. The molecule has 2 aliphatic heterocycles. The van der Waals surface area contributed by atoms with E-state index in [0.29, 0.717) is 37.6 Å². The smallest absolute Gasteiger partial charge is 0.410 e. The molecule has 8 rings (SSSR count). The van der Waals surface area contributed by atoms with Gasteiger partial charge in [-0.05, 0) is 171 Å². The van der Waals surface area contributed by atoms with Gasteiger partial charge in [0.25, 0.3) is 0 Å². The monoisotopic (exact) mass is 1370 g/mol. The molecule has 0 unspecified atom stereocenters. The predicted molar refractivity (Wildman–Crippen MR) is 348 cm³/mol. The van der Waals surface area contributed by atoms with Crippen LogP contribution in [0.25, 0.3) is 41.6 Å². The lowest BCUT2D eigenvalue weighted by molar-refractivity contribution is -0.137. The first kappa shape index (κ1) is 68.5. The average molecular weight is 1380 g/mol. The lowest BCUT2D eigenvalue weighted by atomic mass is 10.0. The Morgan fingerprint density at radius 2 is 1.01 bits per heavy atom. The van der Waals surface area contributed by atoms with Gasteiger partial charge in [0.2, 0.25) is 5.91 Å². The molecule has 0 saturated heterocycles. The van der Waals surface area contributed by atoms with Crippen LogP contribution in [0.15, 0.2) is 45.3 Å². The second kappa shape index (κ2) is 28.0. The third kappa shape index (κ3) is 19.7. The van der Waals surface area contributed by atoms with Gasteiger partial charge in [-0.25, -0.2) is 29.1 Å². The molecule has 6 heterocycles. The molecule has 0 spiro atoms. The van der Waals surface area contributed by atoms with Crippen LogP contribution in [0.4, 0.5) is 29.2 Å². The van der Waals surface area contributed by atoms with Crippen molar-refractivity contribution < 1.29 is 52.8 Å². The SMILES string of the molecule is CC(C)(C)OC(=O)N1CCc2c(sc(N)c2-c2nc3cc(Br)ccc3s2)C1.CC(C)N(CCC(=O)Nc1sc2c(c1-c1nc3cc(Br)ccc3s1)CCN(C(=O)OC(C)(C)C)C2)C(=O)OC(C)(C)C.CC(C)N(CCC(=O)O)C(=O)OC(C)(C)C. The number of aliphatic carboxylic acids is 1. The van der Waals surface area contributed by atoms with Crippen molar-refractivity contribution in [2.24, 2.45) is 0 Å². The summed E-state index contributed by atoms with van der Waals surface area (Å²) in [4.78, 5) is 91.7. The number of carbonyl (C=O) groups is 6. The number of fused-ring (bicyclic) bond motifs is 4. The van der Waals surface area contributed by atoms with E-state index in [1.807, 2.05) is 120 Å². The Labute approximate surface area is 531 Å². The summed E-state index contributed by atoms with van der Waals surface area (Å²) < 4.78 is 26.0. The number of carbonyl (C=O) groups excluding carboxylic acids is 5. The summed E-state index contributed by atoms with van der Waals surface area (Å²) in [6, 6.07) is 11.9. The normalized spacial score (nSPS) is 13.5. The number of nitrogens with one attached hydrogen (secondary N) is 1. The van der Waals surface area contributed by atoms with Gasteiger partial charge in [-0.3, -0.25) is 9.59 Å². The topological polar surface area (TPSA) is 236 Å². The Bertz CT molecular complexity index is 3400. The molecule has 0 saturated carbocycles. The molecule has 2 aliphatic rings. The summed E-state index contributed by atoms with van der Waals surface area (Å²) >= 11 is 13.3. The largest absolute Gasteiger partial charge is 0.481 e. The number of thiophene rings is 2. The van der Waals surface area contributed by atoms with Gasteiger partial charge < -0.3 is 54.7 Å². The number of carboxylic acids is 1. The van der Waals surface area contributed by atoms with Crippen molar-refractivity contribution in [3.63, 3.8) is 0 Å². The van der Waals surface area contributed by atoms with Gasteiger partial charge in [-0.15, -0.1) is 45.3 Å². The lowest BCUT2D eigenvalue weighted by Gasteiger charge is -2.30. The van der Waals surface area contributed by atoms with E-state index in [1.165, 1.54) is 21.8 Å². The number of rotatable bonds is 11. The Kier molecular flexibility index (Phi) is 22.6. The van der Waals surface area contributed by atoms with Crippen LogP contribution in [-0.2, 0) is 54.5 Å². The molecule has 0 radical (unpaired) electrons. The van der Waals surface area contributed by atoms with Crippen LogP contribution in [0.3, 0.4) is 0 Å². The predicted octanol–water partition coefficient (Wildman–Crippen LogP) is 15.8. The number of hydrogen-bond donors (Lipinski definition) is 3. The van der Waals surface area contributed by atoms with Crippen LogP contribution in [-0.4, -0.2) is 132 Å². The second-order valence-corrected chi connectivity index (χ2v) is 31.1. The molecular formula is C60H80Br2N8O11S4. The molecule has 0 aliphatic carbocycles. The fourth-order valence-corrected chi connectivity index (χ4v) is 14.0. The Balaban J connectivity index is 0.000000229. The van der Waals surface area contributed by atoms with Gasteiger partial charge in [-0.1, -0.05) is 31.9 Å². The number of halogens is 2. The third-order valence-electron chi connectivity index (χ3n) is 12.5. The van der Waals surface area contributed by atoms with Crippen molar-refractivity contribution in [1.29, 1.82) is 0 Å². The van der Waals surface area contributed by atoms with E-state index in [0.717, 1.165) is 77.3 Å². The number of amides is 5. The van der Waals surface area contributed by atoms with Crippen LogP contribution >= 0.6 is 77.2 Å². The Morgan fingerprint density at radius 3 is 1.42 bits per heavy atom. The minimum absolute atomic E-state index is 0.0720. The molecule has 0 fully saturated rings. The standard InChI is InChI=1S/C30H39BrN4O5S2.C19H20BrN3O2S2.C11H21NO4/c1-17(2)35(28(38)40-30(6,7)8)14-12-23(36)33-26-24(25-32-20-15-18(31)9-10-21(20)41-25)19-11-13-34(16-22(19)42-26)27(37)39-29(3,4)5;1-19(2,3)25-18(24)23-7-6-11-14(9-23)26-16(21)15(11)17-22-12-8-10(20)4-5-13(12)27-17;1-8(2)12(7-6-9(13)14)10(15)16-11(3,4)5/h9-10,15,17H,11-14,16H2,1-8H3,(H,33,36);4-5,8H,6-7,9,21H2,1-3H3;8H,6-7H2,1-5H3,(H,13,14). The molecule has 464 valence electrons. The number of nitrogens with zero attached hydrogens (tertiary/aromatic N) is 6. The van der Waals surface area contributed by atoms with E-state index in [2.05, 4.69) is 43.2 Å². The summed E-state index contributed by atoms with van der Waals surface area (Å²) in [5, 5.41) is 14.9. The summed E-state index contributed by atoms with van der Waals surface area (Å²) in [6.07, 6.45) is -0.120. The maximum atomic E-state index is 13.3. The number of hydrogen-bond acceptors (Lipinski definition) is 17.